The summed E-state index contributed by atoms with van der Waals surface area (Å²) in [6.07, 6.45) is 4.97. The summed E-state index contributed by atoms with van der Waals surface area (Å²) >= 11 is 0. The Kier molecular flexibility index (Phi) is 4.51. The SMILES string of the molecule is OCC(CNC1CCCC1)c1ccccc1F. The van der Waals surface area contributed by atoms with Crippen molar-refractivity contribution in [3.05, 3.63) is 35.6 Å². The smallest absolute Gasteiger partial charge is 0.126 e. The van der Waals surface area contributed by atoms with Crippen LogP contribution >= 0.6 is 0 Å². The van der Waals surface area contributed by atoms with Crippen LogP contribution in [0.2, 0.25) is 0 Å². The molecule has 0 heterocycles. The van der Waals surface area contributed by atoms with Gasteiger partial charge in [0.15, 0.2) is 0 Å². The van der Waals surface area contributed by atoms with Crippen molar-refractivity contribution in [2.24, 2.45) is 0 Å². The molecule has 0 amide bonds. The monoisotopic (exact) mass is 237 g/mol. The molecule has 0 radical (unpaired) electrons. The van der Waals surface area contributed by atoms with E-state index in [4.69, 9.17) is 0 Å². The Balaban J connectivity index is 1.94. The van der Waals surface area contributed by atoms with E-state index in [1.807, 2.05) is 6.07 Å². The molecule has 0 saturated heterocycles. The second-order valence-electron chi connectivity index (χ2n) is 4.79. The number of aliphatic hydroxyl groups is 1. The van der Waals surface area contributed by atoms with Crippen LogP contribution in [0.4, 0.5) is 4.39 Å². The van der Waals surface area contributed by atoms with E-state index in [0.717, 1.165) is 0 Å². The lowest BCUT2D eigenvalue weighted by molar-refractivity contribution is 0.255. The fourth-order valence-corrected chi connectivity index (χ4v) is 2.52. The summed E-state index contributed by atoms with van der Waals surface area (Å²) in [6, 6.07) is 7.25. The number of aliphatic hydroxyl groups excluding tert-OH is 1. The maximum absolute atomic E-state index is 13.6. The quantitative estimate of drug-likeness (QED) is 0.824. The van der Waals surface area contributed by atoms with Crippen molar-refractivity contribution in [3.63, 3.8) is 0 Å². The standard InChI is InChI=1S/C14H20FNO/c15-14-8-4-3-7-13(14)11(10-17)9-16-12-5-1-2-6-12/h3-4,7-8,11-12,16-17H,1-2,5-6,9-10H2. The molecular weight excluding hydrogens is 217 g/mol. The van der Waals surface area contributed by atoms with Gasteiger partial charge in [-0.05, 0) is 24.5 Å². The van der Waals surface area contributed by atoms with Gasteiger partial charge in [-0.2, -0.15) is 0 Å². The molecule has 1 atom stereocenters. The van der Waals surface area contributed by atoms with E-state index in [0.29, 0.717) is 18.2 Å². The Morgan fingerprint density at radius 1 is 1.29 bits per heavy atom. The number of rotatable bonds is 5. The molecule has 0 spiro atoms. The second-order valence-corrected chi connectivity index (χ2v) is 4.79. The van der Waals surface area contributed by atoms with Crippen LogP contribution in [0.25, 0.3) is 0 Å². The number of halogens is 1. The van der Waals surface area contributed by atoms with Gasteiger partial charge in [0.2, 0.25) is 0 Å². The fourth-order valence-electron chi connectivity index (χ4n) is 2.52. The predicted molar refractivity (Wildman–Crippen MR) is 66.5 cm³/mol. The van der Waals surface area contributed by atoms with Gasteiger partial charge < -0.3 is 10.4 Å². The second kappa shape index (κ2) is 6.12. The molecule has 1 aliphatic rings. The molecule has 0 aromatic heterocycles. The summed E-state index contributed by atoms with van der Waals surface area (Å²) in [4.78, 5) is 0. The van der Waals surface area contributed by atoms with Crippen LogP contribution in [0.5, 0.6) is 0 Å². The zero-order chi connectivity index (χ0) is 12.1. The molecule has 1 aromatic carbocycles. The summed E-state index contributed by atoms with van der Waals surface area (Å²) in [5.74, 6) is -0.364. The number of benzene rings is 1. The Morgan fingerprint density at radius 2 is 2.00 bits per heavy atom. The van der Waals surface area contributed by atoms with Gasteiger partial charge in [0.1, 0.15) is 5.82 Å². The van der Waals surface area contributed by atoms with E-state index in [2.05, 4.69) is 5.32 Å². The Bertz CT molecular complexity index is 350. The molecule has 2 nitrogen and oxygen atoms in total. The van der Waals surface area contributed by atoms with Gasteiger partial charge in [0.25, 0.3) is 0 Å². The van der Waals surface area contributed by atoms with Crippen molar-refractivity contribution in [1.29, 1.82) is 0 Å². The number of hydrogen-bond donors (Lipinski definition) is 2. The highest BCUT2D eigenvalue weighted by atomic mass is 19.1. The van der Waals surface area contributed by atoms with Gasteiger partial charge in [-0.1, -0.05) is 31.0 Å². The van der Waals surface area contributed by atoms with Crippen molar-refractivity contribution in [2.75, 3.05) is 13.2 Å². The van der Waals surface area contributed by atoms with Gasteiger partial charge in [-0.25, -0.2) is 4.39 Å². The molecule has 1 aromatic rings. The molecule has 0 bridgehead atoms. The topological polar surface area (TPSA) is 32.3 Å². The van der Waals surface area contributed by atoms with E-state index in [1.165, 1.54) is 31.7 Å². The number of nitrogens with one attached hydrogen (secondary N) is 1. The van der Waals surface area contributed by atoms with Crippen LogP contribution < -0.4 is 5.32 Å². The molecule has 17 heavy (non-hydrogen) atoms. The first-order chi connectivity index (χ1) is 8.31. The molecule has 2 rings (SSSR count). The molecule has 1 fully saturated rings. The first-order valence-corrected chi connectivity index (χ1v) is 6.40. The Morgan fingerprint density at radius 3 is 2.65 bits per heavy atom. The van der Waals surface area contributed by atoms with E-state index in [1.54, 1.807) is 12.1 Å². The molecule has 2 N–H and O–H groups in total. The van der Waals surface area contributed by atoms with Crippen LogP contribution in [-0.4, -0.2) is 24.3 Å². The van der Waals surface area contributed by atoms with E-state index in [9.17, 15) is 9.50 Å². The Labute approximate surface area is 102 Å². The molecule has 3 heteroatoms. The van der Waals surface area contributed by atoms with Gasteiger partial charge in [0.05, 0.1) is 6.61 Å². The lowest BCUT2D eigenvalue weighted by Gasteiger charge is -2.19. The van der Waals surface area contributed by atoms with Gasteiger partial charge >= 0.3 is 0 Å². The highest BCUT2D eigenvalue weighted by molar-refractivity contribution is 5.22. The molecule has 1 saturated carbocycles. The lowest BCUT2D eigenvalue weighted by atomic mass is 9.99. The molecule has 1 aliphatic carbocycles. The third kappa shape index (κ3) is 3.27. The highest BCUT2D eigenvalue weighted by Crippen LogP contribution is 2.21. The van der Waals surface area contributed by atoms with Crippen LogP contribution in [-0.2, 0) is 0 Å². The lowest BCUT2D eigenvalue weighted by Crippen LogP contribution is -2.32. The van der Waals surface area contributed by atoms with Gasteiger partial charge in [-0.15, -0.1) is 0 Å². The predicted octanol–water partition coefficient (Wildman–Crippen LogP) is 2.43. The summed E-state index contributed by atoms with van der Waals surface area (Å²) in [5.41, 5.74) is 0.612. The first kappa shape index (κ1) is 12.5. The highest BCUT2D eigenvalue weighted by Gasteiger charge is 2.18. The van der Waals surface area contributed by atoms with Crippen LogP contribution in [0.1, 0.15) is 37.2 Å². The van der Waals surface area contributed by atoms with Crippen LogP contribution in [0.15, 0.2) is 24.3 Å². The zero-order valence-corrected chi connectivity index (χ0v) is 10.0. The average molecular weight is 237 g/mol. The van der Waals surface area contributed by atoms with Crippen LogP contribution in [0.3, 0.4) is 0 Å². The first-order valence-electron chi connectivity index (χ1n) is 6.40. The zero-order valence-electron chi connectivity index (χ0n) is 10.0. The van der Waals surface area contributed by atoms with Crippen molar-refractivity contribution in [2.45, 2.75) is 37.6 Å². The van der Waals surface area contributed by atoms with Gasteiger partial charge in [-0.3, -0.25) is 0 Å². The van der Waals surface area contributed by atoms with Crippen molar-refractivity contribution in [3.8, 4) is 0 Å². The maximum Gasteiger partial charge on any atom is 0.126 e. The summed E-state index contributed by atoms with van der Waals surface area (Å²) < 4.78 is 13.6. The van der Waals surface area contributed by atoms with E-state index < -0.39 is 0 Å². The Hall–Kier alpha value is -0.930. The molecular formula is C14H20FNO. The maximum atomic E-state index is 13.6. The minimum atomic E-state index is -0.222. The summed E-state index contributed by atoms with van der Waals surface area (Å²) in [7, 11) is 0. The van der Waals surface area contributed by atoms with Crippen LogP contribution in [0, 0.1) is 5.82 Å². The minimum absolute atomic E-state index is 0.0132. The van der Waals surface area contributed by atoms with Crippen molar-refractivity contribution in [1.82, 2.24) is 5.32 Å². The summed E-state index contributed by atoms with van der Waals surface area (Å²) in [5, 5.41) is 12.8. The van der Waals surface area contributed by atoms with E-state index >= 15 is 0 Å². The van der Waals surface area contributed by atoms with E-state index in [-0.39, 0.29) is 18.3 Å². The van der Waals surface area contributed by atoms with Gasteiger partial charge in [0, 0.05) is 18.5 Å². The molecule has 94 valence electrons. The summed E-state index contributed by atoms with van der Waals surface area (Å²) in [6.45, 7) is 0.642. The number of hydrogen-bond acceptors (Lipinski definition) is 2. The molecule has 1 unspecified atom stereocenters. The fraction of sp³-hybridized carbons (Fsp3) is 0.571. The van der Waals surface area contributed by atoms with Crippen molar-refractivity contribution >= 4 is 0 Å². The normalized spacial score (nSPS) is 18.5. The third-order valence-electron chi connectivity index (χ3n) is 3.57. The third-order valence-corrected chi connectivity index (χ3v) is 3.57. The molecule has 0 aliphatic heterocycles. The minimum Gasteiger partial charge on any atom is -0.396 e. The average Bonchev–Trinajstić information content (AvgIpc) is 2.85. The van der Waals surface area contributed by atoms with Crippen molar-refractivity contribution < 1.29 is 9.50 Å². The largest absolute Gasteiger partial charge is 0.396 e.